The molecule has 1 aromatic heterocycles. The van der Waals surface area contributed by atoms with Gasteiger partial charge in [-0.2, -0.15) is 0 Å². The highest BCUT2D eigenvalue weighted by Gasteiger charge is 2.21. The summed E-state index contributed by atoms with van der Waals surface area (Å²) in [6.45, 7) is 2.97. The molecule has 1 aromatic rings. The van der Waals surface area contributed by atoms with E-state index in [0.29, 0.717) is 6.10 Å². The molecule has 16 heavy (non-hydrogen) atoms. The second-order valence-corrected chi connectivity index (χ2v) is 4.94. The van der Waals surface area contributed by atoms with Crippen LogP contribution in [0.25, 0.3) is 0 Å². The first-order valence-corrected chi connectivity index (χ1v) is 6.41. The molecule has 2 fully saturated rings. The Kier molecular flexibility index (Phi) is 2.98. The minimum atomic E-state index is 0.437. The van der Waals surface area contributed by atoms with Gasteiger partial charge in [-0.1, -0.05) is 0 Å². The van der Waals surface area contributed by atoms with Crippen LogP contribution in [0.4, 0.5) is 0 Å². The molecule has 88 valence electrons. The Balaban J connectivity index is 1.57. The molecular formula is C13H20N2O. The Morgan fingerprint density at radius 2 is 2.31 bits per heavy atom. The summed E-state index contributed by atoms with van der Waals surface area (Å²) in [5, 5.41) is 3.56. The highest BCUT2D eigenvalue weighted by molar-refractivity contribution is 5.08. The summed E-state index contributed by atoms with van der Waals surface area (Å²) in [4.78, 5) is 0. The molecular weight excluding hydrogens is 200 g/mol. The van der Waals surface area contributed by atoms with Crippen LogP contribution in [0.3, 0.4) is 0 Å². The molecule has 3 heteroatoms. The van der Waals surface area contributed by atoms with Gasteiger partial charge in [0, 0.05) is 37.6 Å². The summed E-state index contributed by atoms with van der Waals surface area (Å²) in [6.07, 6.45) is 7.76. The maximum Gasteiger partial charge on any atom is 0.0754 e. The molecule has 3 nitrogen and oxygen atoms in total. The number of hydrogen-bond acceptors (Lipinski definition) is 2. The topological polar surface area (TPSA) is 26.2 Å². The van der Waals surface area contributed by atoms with Gasteiger partial charge in [0.05, 0.1) is 6.10 Å². The second kappa shape index (κ2) is 4.60. The summed E-state index contributed by atoms with van der Waals surface area (Å²) in [5.41, 5.74) is 1.39. The third kappa shape index (κ3) is 2.47. The monoisotopic (exact) mass is 220 g/mol. The van der Waals surface area contributed by atoms with E-state index in [0.717, 1.165) is 25.7 Å². The van der Waals surface area contributed by atoms with Crippen molar-refractivity contribution in [2.24, 2.45) is 0 Å². The lowest BCUT2D eigenvalue weighted by molar-refractivity contribution is 0.0964. The third-order valence-electron chi connectivity index (χ3n) is 3.50. The fourth-order valence-electron chi connectivity index (χ4n) is 2.33. The molecule has 3 rings (SSSR count). The quantitative estimate of drug-likeness (QED) is 0.820. The van der Waals surface area contributed by atoms with Gasteiger partial charge in [0.1, 0.15) is 0 Å². The van der Waals surface area contributed by atoms with Crippen molar-refractivity contribution < 1.29 is 4.74 Å². The van der Waals surface area contributed by atoms with Gasteiger partial charge in [-0.3, -0.25) is 0 Å². The van der Waals surface area contributed by atoms with Crippen molar-refractivity contribution in [1.82, 2.24) is 9.88 Å². The molecule has 2 heterocycles. The van der Waals surface area contributed by atoms with Crippen molar-refractivity contribution >= 4 is 0 Å². The molecule has 0 bridgehead atoms. The first-order chi connectivity index (χ1) is 7.92. The largest absolute Gasteiger partial charge is 0.376 e. The number of rotatable bonds is 5. The van der Waals surface area contributed by atoms with E-state index in [1.165, 1.54) is 31.4 Å². The number of nitrogens with zero attached hydrogens (tertiary/aromatic N) is 1. The van der Waals surface area contributed by atoms with Crippen molar-refractivity contribution in [2.45, 2.75) is 50.9 Å². The van der Waals surface area contributed by atoms with E-state index in [4.69, 9.17) is 4.74 Å². The molecule has 1 atom stereocenters. The highest BCUT2D eigenvalue weighted by atomic mass is 16.5. The van der Waals surface area contributed by atoms with E-state index < -0.39 is 0 Å². The zero-order chi connectivity index (χ0) is 10.8. The fourth-order valence-corrected chi connectivity index (χ4v) is 2.33. The van der Waals surface area contributed by atoms with Crippen molar-refractivity contribution in [3.63, 3.8) is 0 Å². The second-order valence-electron chi connectivity index (χ2n) is 4.94. The number of hydrogen-bond donors (Lipinski definition) is 1. The zero-order valence-corrected chi connectivity index (χ0v) is 9.69. The smallest absolute Gasteiger partial charge is 0.0754 e. The minimum Gasteiger partial charge on any atom is -0.376 e. The first-order valence-electron chi connectivity index (χ1n) is 6.41. The van der Waals surface area contributed by atoms with Gasteiger partial charge in [-0.15, -0.1) is 0 Å². The first kappa shape index (κ1) is 10.4. The van der Waals surface area contributed by atoms with Crippen LogP contribution in [0.1, 0.15) is 31.4 Å². The molecule has 1 unspecified atom stereocenters. The maximum absolute atomic E-state index is 5.68. The molecule has 1 aliphatic carbocycles. The lowest BCUT2D eigenvalue weighted by atomic mass is 10.2. The van der Waals surface area contributed by atoms with Crippen LogP contribution in [-0.4, -0.2) is 23.3 Å². The van der Waals surface area contributed by atoms with Gasteiger partial charge >= 0.3 is 0 Å². The third-order valence-corrected chi connectivity index (χ3v) is 3.50. The fraction of sp³-hybridized carbons (Fsp3) is 0.692. The van der Waals surface area contributed by atoms with Crippen molar-refractivity contribution in [1.29, 1.82) is 0 Å². The molecule has 1 saturated heterocycles. The Labute approximate surface area is 96.8 Å². The molecule has 1 saturated carbocycles. The highest BCUT2D eigenvalue weighted by Crippen LogP contribution is 2.20. The zero-order valence-electron chi connectivity index (χ0n) is 9.69. The van der Waals surface area contributed by atoms with Crippen LogP contribution in [-0.2, 0) is 17.8 Å². The molecule has 0 radical (unpaired) electrons. The predicted molar refractivity (Wildman–Crippen MR) is 63.3 cm³/mol. The number of ether oxygens (including phenoxy) is 1. The molecule has 0 spiro atoms. The maximum atomic E-state index is 5.68. The molecule has 1 N–H and O–H groups in total. The van der Waals surface area contributed by atoms with E-state index >= 15 is 0 Å². The number of aromatic nitrogens is 1. The van der Waals surface area contributed by atoms with Crippen LogP contribution in [0.15, 0.2) is 18.3 Å². The van der Waals surface area contributed by atoms with Crippen molar-refractivity contribution in [3.05, 3.63) is 24.0 Å². The van der Waals surface area contributed by atoms with E-state index in [1.54, 1.807) is 0 Å². The summed E-state index contributed by atoms with van der Waals surface area (Å²) < 4.78 is 8.02. The molecule has 1 aliphatic heterocycles. The van der Waals surface area contributed by atoms with Crippen LogP contribution in [0, 0.1) is 0 Å². The average Bonchev–Trinajstić information content (AvgIpc) is 2.79. The van der Waals surface area contributed by atoms with Crippen molar-refractivity contribution in [2.75, 3.05) is 6.61 Å². The lowest BCUT2D eigenvalue weighted by Gasteiger charge is -2.14. The van der Waals surface area contributed by atoms with E-state index in [1.807, 2.05) is 0 Å². The van der Waals surface area contributed by atoms with Gasteiger partial charge < -0.3 is 14.6 Å². The van der Waals surface area contributed by atoms with Gasteiger partial charge in [0.2, 0.25) is 0 Å². The SMILES string of the molecule is c1cc(CNC2CC2)n(CC2CCCO2)c1. The summed E-state index contributed by atoms with van der Waals surface area (Å²) in [7, 11) is 0. The average molecular weight is 220 g/mol. The van der Waals surface area contributed by atoms with Gasteiger partial charge in [-0.05, 0) is 37.8 Å². The van der Waals surface area contributed by atoms with E-state index in [9.17, 15) is 0 Å². The molecule has 0 amide bonds. The summed E-state index contributed by atoms with van der Waals surface area (Å²) in [5.74, 6) is 0. The minimum absolute atomic E-state index is 0.437. The predicted octanol–water partition coefficient (Wildman–Crippen LogP) is 1.92. The van der Waals surface area contributed by atoms with Crippen LogP contribution in [0.5, 0.6) is 0 Å². The van der Waals surface area contributed by atoms with E-state index in [2.05, 4.69) is 28.2 Å². The lowest BCUT2D eigenvalue weighted by Crippen LogP contribution is -2.21. The van der Waals surface area contributed by atoms with E-state index in [-0.39, 0.29) is 0 Å². The summed E-state index contributed by atoms with van der Waals surface area (Å²) >= 11 is 0. The molecule has 0 aromatic carbocycles. The van der Waals surface area contributed by atoms with Gasteiger partial charge in [-0.25, -0.2) is 0 Å². The summed E-state index contributed by atoms with van der Waals surface area (Å²) in [6, 6.07) is 5.13. The van der Waals surface area contributed by atoms with Gasteiger partial charge in [0.15, 0.2) is 0 Å². The Morgan fingerprint density at radius 3 is 3.06 bits per heavy atom. The number of nitrogens with one attached hydrogen (secondary N) is 1. The standard InChI is InChI=1S/C13H20N2O/c1-3-12(9-14-11-5-6-11)15(7-1)10-13-4-2-8-16-13/h1,3,7,11,13-14H,2,4-6,8-10H2. The van der Waals surface area contributed by atoms with Crippen LogP contribution >= 0.6 is 0 Å². The van der Waals surface area contributed by atoms with Gasteiger partial charge in [0.25, 0.3) is 0 Å². The Hall–Kier alpha value is -0.800. The van der Waals surface area contributed by atoms with Crippen LogP contribution in [0.2, 0.25) is 0 Å². The van der Waals surface area contributed by atoms with Crippen molar-refractivity contribution in [3.8, 4) is 0 Å². The van der Waals surface area contributed by atoms with Crippen LogP contribution < -0.4 is 5.32 Å². The Morgan fingerprint density at radius 1 is 1.38 bits per heavy atom. The normalized spacial score (nSPS) is 25.1. The Bertz CT molecular complexity index is 337. The molecule has 2 aliphatic rings.